The summed E-state index contributed by atoms with van der Waals surface area (Å²) in [7, 11) is 0. The third-order valence-corrected chi connectivity index (χ3v) is 3.37. The number of halogens is 1. The van der Waals surface area contributed by atoms with Crippen molar-refractivity contribution in [1.29, 1.82) is 0 Å². The lowest BCUT2D eigenvalue weighted by Gasteiger charge is -2.35. The zero-order chi connectivity index (χ0) is 13.1. The fourth-order valence-electron chi connectivity index (χ4n) is 1.84. The number of ether oxygens (including phenoxy) is 1. The lowest BCUT2D eigenvalue weighted by atomic mass is 9.86. The van der Waals surface area contributed by atoms with E-state index in [4.69, 9.17) is 16.3 Å². The quantitative estimate of drug-likeness (QED) is 0.615. The van der Waals surface area contributed by atoms with Crippen LogP contribution in [0, 0.1) is 5.92 Å². The third kappa shape index (κ3) is 2.94. The van der Waals surface area contributed by atoms with Crippen LogP contribution in [0.15, 0.2) is 35.9 Å². The number of carbonyl (C=O) groups is 1. The van der Waals surface area contributed by atoms with E-state index in [-0.39, 0.29) is 23.4 Å². The average molecular weight is 265 g/mol. The van der Waals surface area contributed by atoms with Crippen molar-refractivity contribution in [2.75, 3.05) is 0 Å². The molecule has 2 rings (SSSR count). The van der Waals surface area contributed by atoms with Gasteiger partial charge in [-0.2, -0.15) is 0 Å². The van der Waals surface area contributed by atoms with Gasteiger partial charge in [0.1, 0.15) is 6.10 Å². The molecule has 2 atom stereocenters. The summed E-state index contributed by atoms with van der Waals surface area (Å²) in [5, 5.41) is -0.0948. The Morgan fingerprint density at radius 2 is 2.06 bits per heavy atom. The van der Waals surface area contributed by atoms with Crippen LogP contribution in [0.1, 0.15) is 25.8 Å². The summed E-state index contributed by atoms with van der Waals surface area (Å²) in [5.41, 5.74) is 2.21. The van der Waals surface area contributed by atoms with Gasteiger partial charge in [-0.3, -0.25) is 4.79 Å². The molecule has 0 aliphatic heterocycles. The first-order valence-electron chi connectivity index (χ1n) is 6.18. The molecule has 2 nitrogen and oxygen atoms in total. The van der Waals surface area contributed by atoms with Crippen molar-refractivity contribution < 1.29 is 9.53 Å². The summed E-state index contributed by atoms with van der Waals surface area (Å²) >= 11 is 6.11. The highest BCUT2D eigenvalue weighted by Gasteiger charge is 2.38. The first-order valence-corrected chi connectivity index (χ1v) is 6.61. The van der Waals surface area contributed by atoms with E-state index in [9.17, 15) is 4.79 Å². The zero-order valence-electron chi connectivity index (χ0n) is 10.6. The second kappa shape index (κ2) is 5.57. The third-order valence-electron chi connectivity index (χ3n) is 2.99. The van der Waals surface area contributed by atoms with Gasteiger partial charge in [-0.05, 0) is 17.6 Å². The number of rotatable bonds is 3. The monoisotopic (exact) mass is 264 g/mol. The molecule has 0 saturated heterocycles. The second-order valence-corrected chi connectivity index (χ2v) is 5.42. The SMILES string of the molecule is CC(C)C(=O)O[C@H]1/C(=C/c2ccccc2)C[C@@H]1Cl. The molecule has 0 amide bonds. The fraction of sp³-hybridized carbons (Fsp3) is 0.400. The smallest absolute Gasteiger partial charge is 0.309 e. The molecule has 0 spiro atoms. The van der Waals surface area contributed by atoms with Gasteiger partial charge in [0.25, 0.3) is 0 Å². The maximum atomic E-state index is 11.6. The van der Waals surface area contributed by atoms with Crippen LogP contribution in [0.3, 0.4) is 0 Å². The summed E-state index contributed by atoms with van der Waals surface area (Å²) in [5.74, 6) is -0.309. The van der Waals surface area contributed by atoms with Crippen LogP contribution >= 0.6 is 11.6 Å². The molecular formula is C15H17ClO2. The molecule has 1 aliphatic carbocycles. The summed E-state index contributed by atoms with van der Waals surface area (Å²) in [6.07, 6.45) is 2.57. The standard InChI is InChI=1S/C15H17ClO2/c1-10(2)15(17)18-14-12(9-13(14)16)8-11-6-4-3-5-7-11/h3-8,10,13-14H,9H2,1-2H3/b12-8+/t13-,14-/m0/s1. The molecule has 1 saturated carbocycles. The first kappa shape index (κ1) is 13.2. The fourth-order valence-corrected chi connectivity index (χ4v) is 2.23. The van der Waals surface area contributed by atoms with E-state index >= 15 is 0 Å². The number of hydrogen-bond donors (Lipinski definition) is 0. The van der Waals surface area contributed by atoms with Gasteiger partial charge < -0.3 is 4.74 Å². The molecule has 18 heavy (non-hydrogen) atoms. The van der Waals surface area contributed by atoms with Crippen molar-refractivity contribution in [2.24, 2.45) is 5.92 Å². The highest BCUT2D eigenvalue weighted by atomic mass is 35.5. The van der Waals surface area contributed by atoms with E-state index in [2.05, 4.69) is 6.08 Å². The van der Waals surface area contributed by atoms with Crippen LogP contribution in [-0.2, 0) is 9.53 Å². The number of benzene rings is 1. The molecule has 1 aromatic rings. The Morgan fingerprint density at radius 1 is 1.39 bits per heavy atom. The average Bonchev–Trinajstić information content (AvgIpc) is 2.36. The predicted molar refractivity (Wildman–Crippen MR) is 73.4 cm³/mol. The topological polar surface area (TPSA) is 26.3 Å². The Hall–Kier alpha value is -1.28. The summed E-state index contributed by atoms with van der Waals surface area (Å²) in [6, 6.07) is 9.99. The predicted octanol–water partition coefficient (Wildman–Crippen LogP) is 3.65. The minimum atomic E-state index is -0.262. The summed E-state index contributed by atoms with van der Waals surface area (Å²) < 4.78 is 5.41. The lowest BCUT2D eigenvalue weighted by molar-refractivity contribution is -0.152. The lowest BCUT2D eigenvalue weighted by Crippen LogP contribution is -2.40. The van der Waals surface area contributed by atoms with Crippen LogP contribution in [0.2, 0.25) is 0 Å². The van der Waals surface area contributed by atoms with Crippen LogP contribution in [-0.4, -0.2) is 17.5 Å². The number of alkyl halides is 1. The van der Waals surface area contributed by atoms with Gasteiger partial charge in [-0.1, -0.05) is 50.3 Å². The van der Waals surface area contributed by atoms with Crippen LogP contribution in [0.5, 0.6) is 0 Å². The maximum Gasteiger partial charge on any atom is 0.309 e. The normalized spacial score (nSPS) is 25.0. The molecule has 1 aromatic carbocycles. The molecule has 0 radical (unpaired) electrons. The van der Waals surface area contributed by atoms with E-state index in [1.807, 2.05) is 44.2 Å². The van der Waals surface area contributed by atoms with Crippen LogP contribution in [0.4, 0.5) is 0 Å². The molecule has 0 heterocycles. The van der Waals surface area contributed by atoms with Gasteiger partial charge in [-0.25, -0.2) is 0 Å². The van der Waals surface area contributed by atoms with Crippen LogP contribution < -0.4 is 0 Å². The van der Waals surface area contributed by atoms with Gasteiger partial charge in [0.2, 0.25) is 0 Å². The van der Waals surface area contributed by atoms with E-state index < -0.39 is 0 Å². The highest BCUT2D eigenvalue weighted by molar-refractivity contribution is 6.22. The summed E-state index contributed by atoms with van der Waals surface area (Å²) in [6.45, 7) is 3.65. The molecule has 3 heteroatoms. The molecule has 0 bridgehead atoms. The summed E-state index contributed by atoms with van der Waals surface area (Å²) in [4.78, 5) is 11.6. The van der Waals surface area contributed by atoms with Crippen molar-refractivity contribution in [1.82, 2.24) is 0 Å². The molecular weight excluding hydrogens is 248 g/mol. The van der Waals surface area contributed by atoms with E-state index in [0.717, 1.165) is 17.6 Å². The van der Waals surface area contributed by atoms with Gasteiger partial charge in [0.05, 0.1) is 11.3 Å². The van der Waals surface area contributed by atoms with Crippen molar-refractivity contribution >= 4 is 23.6 Å². The van der Waals surface area contributed by atoms with Crippen molar-refractivity contribution in [2.45, 2.75) is 31.7 Å². The van der Waals surface area contributed by atoms with E-state index in [0.29, 0.717) is 0 Å². The van der Waals surface area contributed by atoms with Crippen molar-refractivity contribution in [3.63, 3.8) is 0 Å². The van der Waals surface area contributed by atoms with Gasteiger partial charge in [0, 0.05) is 0 Å². The Balaban J connectivity index is 2.06. The Bertz CT molecular complexity index is 451. The van der Waals surface area contributed by atoms with Gasteiger partial charge >= 0.3 is 5.97 Å². The molecule has 1 aliphatic rings. The minimum absolute atomic E-state index is 0.0948. The number of carbonyl (C=O) groups excluding carboxylic acids is 1. The maximum absolute atomic E-state index is 11.6. The van der Waals surface area contributed by atoms with Crippen LogP contribution in [0.25, 0.3) is 6.08 Å². The first-order chi connectivity index (χ1) is 8.58. The van der Waals surface area contributed by atoms with Crippen molar-refractivity contribution in [3.8, 4) is 0 Å². The van der Waals surface area contributed by atoms with E-state index in [1.54, 1.807) is 0 Å². The number of hydrogen-bond acceptors (Lipinski definition) is 2. The number of esters is 1. The van der Waals surface area contributed by atoms with Gasteiger partial charge in [0.15, 0.2) is 0 Å². The van der Waals surface area contributed by atoms with Gasteiger partial charge in [-0.15, -0.1) is 11.6 Å². The molecule has 96 valence electrons. The molecule has 0 unspecified atom stereocenters. The largest absolute Gasteiger partial charge is 0.456 e. The van der Waals surface area contributed by atoms with Crippen molar-refractivity contribution in [3.05, 3.63) is 41.5 Å². The molecule has 0 N–H and O–H groups in total. The Kier molecular flexibility index (Phi) is 4.07. The Labute approximate surface area is 113 Å². The molecule has 1 fully saturated rings. The highest BCUT2D eigenvalue weighted by Crippen LogP contribution is 2.36. The minimum Gasteiger partial charge on any atom is -0.456 e. The zero-order valence-corrected chi connectivity index (χ0v) is 11.4. The molecule has 0 aromatic heterocycles. The second-order valence-electron chi connectivity index (χ2n) is 4.86. The Morgan fingerprint density at radius 3 is 2.61 bits per heavy atom. The van der Waals surface area contributed by atoms with E-state index in [1.165, 1.54) is 0 Å².